The highest BCUT2D eigenvalue weighted by atomic mass is 16.7. The highest BCUT2D eigenvalue weighted by Gasteiger charge is 2.10. The summed E-state index contributed by atoms with van der Waals surface area (Å²) in [7, 11) is 0. The molecule has 0 amide bonds. The number of hydrogen-bond acceptors (Lipinski definition) is 2. The van der Waals surface area contributed by atoms with Crippen molar-refractivity contribution < 1.29 is 9.47 Å². The average Bonchev–Trinajstić information content (AvgIpc) is 2.03. The SMILES string of the molecule is CC(C)CO[C@@H]1CCC=CO1. The zero-order valence-electron chi connectivity index (χ0n) is 7.25. The second-order valence-corrected chi connectivity index (χ2v) is 3.24. The minimum atomic E-state index is 0.00222. The summed E-state index contributed by atoms with van der Waals surface area (Å²) < 4.78 is 10.7. The van der Waals surface area contributed by atoms with Crippen molar-refractivity contribution in [1.82, 2.24) is 0 Å². The number of ether oxygens (including phenoxy) is 2. The Kier molecular flexibility index (Phi) is 3.43. The van der Waals surface area contributed by atoms with Crippen LogP contribution >= 0.6 is 0 Å². The summed E-state index contributed by atoms with van der Waals surface area (Å²) >= 11 is 0. The molecule has 0 spiro atoms. The fourth-order valence-corrected chi connectivity index (χ4v) is 0.934. The van der Waals surface area contributed by atoms with E-state index in [-0.39, 0.29) is 6.29 Å². The predicted molar refractivity (Wildman–Crippen MR) is 44.0 cm³/mol. The van der Waals surface area contributed by atoms with Crippen molar-refractivity contribution >= 4 is 0 Å². The lowest BCUT2D eigenvalue weighted by atomic mass is 10.2. The molecule has 0 aromatic carbocycles. The van der Waals surface area contributed by atoms with Crippen LogP contribution in [-0.2, 0) is 9.47 Å². The highest BCUT2D eigenvalue weighted by molar-refractivity contribution is 4.79. The Morgan fingerprint density at radius 3 is 3.00 bits per heavy atom. The molecule has 0 saturated carbocycles. The van der Waals surface area contributed by atoms with Gasteiger partial charge in [-0.3, -0.25) is 0 Å². The van der Waals surface area contributed by atoms with E-state index in [9.17, 15) is 0 Å². The summed E-state index contributed by atoms with van der Waals surface area (Å²) in [5, 5.41) is 0. The van der Waals surface area contributed by atoms with E-state index in [0.717, 1.165) is 19.4 Å². The van der Waals surface area contributed by atoms with Gasteiger partial charge in [0.25, 0.3) is 0 Å². The minimum absolute atomic E-state index is 0.00222. The number of rotatable bonds is 3. The van der Waals surface area contributed by atoms with Gasteiger partial charge >= 0.3 is 0 Å². The van der Waals surface area contributed by atoms with E-state index in [4.69, 9.17) is 9.47 Å². The van der Waals surface area contributed by atoms with Crippen molar-refractivity contribution in [3.63, 3.8) is 0 Å². The van der Waals surface area contributed by atoms with Crippen molar-refractivity contribution in [2.24, 2.45) is 5.92 Å². The molecule has 0 fully saturated rings. The Labute approximate surface area is 68.2 Å². The first-order valence-electron chi connectivity index (χ1n) is 4.21. The largest absolute Gasteiger partial charge is 0.473 e. The summed E-state index contributed by atoms with van der Waals surface area (Å²) in [4.78, 5) is 0. The molecule has 1 aliphatic rings. The maximum absolute atomic E-state index is 5.47. The Morgan fingerprint density at radius 2 is 2.45 bits per heavy atom. The molecule has 0 N–H and O–H groups in total. The van der Waals surface area contributed by atoms with Crippen LogP contribution < -0.4 is 0 Å². The first-order chi connectivity index (χ1) is 5.29. The summed E-state index contributed by atoms with van der Waals surface area (Å²) in [5.41, 5.74) is 0. The summed E-state index contributed by atoms with van der Waals surface area (Å²) in [6.45, 7) is 5.07. The molecule has 11 heavy (non-hydrogen) atoms. The first kappa shape index (κ1) is 8.60. The van der Waals surface area contributed by atoms with Gasteiger partial charge in [0.1, 0.15) is 0 Å². The van der Waals surface area contributed by atoms with E-state index in [2.05, 4.69) is 13.8 Å². The average molecular weight is 156 g/mol. The second-order valence-electron chi connectivity index (χ2n) is 3.24. The molecule has 0 aliphatic carbocycles. The second kappa shape index (κ2) is 4.39. The highest BCUT2D eigenvalue weighted by Crippen LogP contribution is 2.12. The van der Waals surface area contributed by atoms with Gasteiger partial charge in [0, 0.05) is 6.42 Å². The van der Waals surface area contributed by atoms with E-state index >= 15 is 0 Å². The number of hydrogen-bond donors (Lipinski definition) is 0. The molecule has 0 saturated heterocycles. The molecule has 0 radical (unpaired) electrons. The van der Waals surface area contributed by atoms with Crippen LogP contribution in [0.5, 0.6) is 0 Å². The third-order valence-electron chi connectivity index (χ3n) is 1.51. The van der Waals surface area contributed by atoms with E-state index in [0.29, 0.717) is 5.92 Å². The maximum atomic E-state index is 5.47. The Hall–Kier alpha value is -0.500. The van der Waals surface area contributed by atoms with Crippen LogP contribution in [0.2, 0.25) is 0 Å². The van der Waals surface area contributed by atoms with Crippen molar-refractivity contribution in [1.29, 1.82) is 0 Å². The van der Waals surface area contributed by atoms with Gasteiger partial charge in [-0.2, -0.15) is 0 Å². The van der Waals surface area contributed by atoms with Crippen molar-refractivity contribution in [3.05, 3.63) is 12.3 Å². The topological polar surface area (TPSA) is 18.5 Å². The molecule has 1 heterocycles. The Morgan fingerprint density at radius 1 is 1.64 bits per heavy atom. The smallest absolute Gasteiger partial charge is 0.199 e. The normalized spacial score (nSPS) is 23.7. The van der Waals surface area contributed by atoms with E-state index < -0.39 is 0 Å². The van der Waals surface area contributed by atoms with Crippen LogP contribution in [0, 0.1) is 5.92 Å². The Bertz CT molecular complexity index is 130. The van der Waals surface area contributed by atoms with Crippen LogP contribution in [-0.4, -0.2) is 12.9 Å². The summed E-state index contributed by atoms with van der Waals surface area (Å²) in [6, 6.07) is 0. The first-order valence-corrected chi connectivity index (χ1v) is 4.21. The van der Waals surface area contributed by atoms with Gasteiger partial charge in [-0.05, 0) is 18.4 Å². The van der Waals surface area contributed by atoms with Crippen LogP contribution in [0.1, 0.15) is 26.7 Å². The van der Waals surface area contributed by atoms with Crippen LogP contribution in [0.4, 0.5) is 0 Å². The lowest BCUT2D eigenvalue weighted by Crippen LogP contribution is -2.19. The lowest BCUT2D eigenvalue weighted by Gasteiger charge is -2.20. The molecule has 0 bridgehead atoms. The molecule has 0 unspecified atom stereocenters. The Balaban J connectivity index is 2.11. The van der Waals surface area contributed by atoms with E-state index in [1.807, 2.05) is 6.08 Å². The lowest BCUT2D eigenvalue weighted by molar-refractivity contribution is -0.122. The summed E-state index contributed by atoms with van der Waals surface area (Å²) in [6.07, 6.45) is 5.82. The summed E-state index contributed by atoms with van der Waals surface area (Å²) in [5.74, 6) is 0.588. The van der Waals surface area contributed by atoms with Crippen molar-refractivity contribution in [2.45, 2.75) is 33.0 Å². The zero-order valence-corrected chi connectivity index (χ0v) is 7.25. The molecule has 2 heteroatoms. The standard InChI is InChI=1S/C9H16O2/c1-8(2)7-11-9-5-3-4-6-10-9/h4,6,8-9H,3,5,7H2,1-2H3/t9-/m1/s1. The molecular formula is C9H16O2. The third-order valence-corrected chi connectivity index (χ3v) is 1.51. The van der Waals surface area contributed by atoms with Gasteiger partial charge in [0.15, 0.2) is 6.29 Å². The quantitative estimate of drug-likeness (QED) is 0.624. The predicted octanol–water partition coefficient (Wildman–Crippen LogP) is 2.31. The zero-order chi connectivity index (χ0) is 8.10. The fourth-order valence-electron chi connectivity index (χ4n) is 0.934. The fraction of sp³-hybridized carbons (Fsp3) is 0.778. The molecule has 1 aliphatic heterocycles. The molecule has 64 valence electrons. The molecule has 0 aromatic heterocycles. The maximum Gasteiger partial charge on any atom is 0.199 e. The van der Waals surface area contributed by atoms with Crippen molar-refractivity contribution in [3.8, 4) is 0 Å². The molecule has 1 atom stereocenters. The van der Waals surface area contributed by atoms with E-state index in [1.165, 1.54) is 0 Å². The van der Waals surface area contributed by atoms with E-state index in [1.54, 1.807) is 6.26 Å². The van der Waals surface area contributed by atoms with Crippen LogP contribution in [0.15, 0.2) is 12.3 Å². The third kappa shape index (κ3) is 3.42. The van der Waals surface area contributed by atoms with Gasteiger partial charge in [-0.25, -0.2) is 0 Å². The molecule has 2 nitrogen and oxygen atoms in total. The van der Waals surface area contributed by atoms with Crippen LogP contribution in [0.25, 0.3) is 0 Å². The molecule has 0 aromatic rings. The monoisotopic (exact) mass is 156 g/mol. The number of allylic oxidation sites excluding steroid dienone is 1. The van der Waals surface area contributed by atoms with Gasteiger partial charge in [0.05, 0.1) is 12.9 Å². The molecule has 1 rings (SSSR count). The van der Waals surface area contributed by atoms with Gasteiger partial charge in [-0.1, -0.05) is 13.8 Å². The van der Waals surface area contributed by atoms with Crippen LogP contribution in [0.3, 0.4) is 0 Å². The van der Waals surface area contributed by atoms with Gasteiger partial charge in [-0.15, -0.1) is 0 Å². The van der Waals surface area contributed by atoms with Gasteiger partial charge < -0.3 is 9.47 Å². The van der Waals surface area contributed by atoms with Gasteiger partial charge in [0.2, 0.25) is 0 Å². The molecular weight excluding hydrogens is 140 g/mol. The van der Waals surface area contributed by atoms with Crippen molar-refractivity contribution in [2.75, 3.05) is 6.61 Å². The minimum Gasteiger partial charge on any atom is -0.473 e.